The van der Waals surface area contributed by atoms with Crippen LogP contribution >= 0.6 is 0 Å². The van der Waals surface area contributed by atoms with Gasteiger partial charge in [-0.05, 0) is 63.2 Å². The molecule has 0 radical (unpaired) electrons. The molecule has 0 saturated carbocycles. The lowest BCUT2D eigenvalue weighted by Crippen LogP contribution is -2.21. The molecule has 3 aromatic rings. The number of aryl methyl sites for hydroxylation is 1. The van der Waals surface area contributed by atoms with E-state index in [1.807, 2.05) is 37.3 Å². The van der Waals surface area contributed by atoms with E-state index in [0.717, 1.165) is 24.3 Å². The highest BCUT2D eigenvalue weighted by Crippen LogP contribution is 2.18. The van der Waals surface area contributed by atoms with E-state index in [-0.39, 0.29) is 11.3 Å². The second kappa shape index (κ2) is 8.57. The van der Waals surface area contributed by atoms with E-state index in [0.29, 0.717) is 22.2 Å². The minimum atomic E-state index is -0.306. The molecule has 1 heterocycles. The molecule has 28 heavy (non-hydrogen) atoms. The van der Waals surface area contributed by atoms with Gasteiger partial charge in [0.25, 0.3) is 0 Å². The first-order chi connectivity index (χ1) is 13.5. The Balaban J connectivity index is 1.73. The van der Waals surface area contributed by atoms with Gasteiger partial charge in [0.05, 0.1) is 10.9 Å². The van der Waals surface area contributed by atoms with E-state index in [2.05, 4.69) is 24.1 Å². The molecule has 0 bridgehead atoms. The molecule has 5 nitrogen and oxygen atoms in total. The summed E-state index contributed by atoms with van der Waals surface area (Å²) in [5.74, 6) is -0.306. The monoisotopic (exact) mass is 376 g/mol. The molecule has 1 N–H and O–H groups in total. The third-order valence-corrected chi connectivity index (χ3v) is 4.63. The predicted molar refractivity (Wildman–Crippen MR) is 115 cm³/mol. The number of anilines is 2. The number of carbonyl (C=O) groups is 1. The first-order valence-electron chi connectivity index (χ1n) is 9.38. The van der Waals surface area contributed by atoms with Gasteiger partial charge in [-0.1, -0.05) is 11.6 Å². The van der Waals surface area contributed by atoms with Crippen LogP contribution in [0.5, 0.6) is 0 Å². The second-order valence-corrected chi connectivity index (χ2v) is 6.56. The van der Waals surface area contributed by atoms with Crippen molar-refractivity contribution in [3.63, 3.8) is 0 Å². The Bertz CT molecular complexity index is 1060. The summed E-state index contributed by atoms with van der Waals surface area (Å²) in [5, 5.41) is 3.31. The molecular weight excluding hydrogens is 352 g/mol. The highest BCUT2D eigenvalue weighted by atomic mass is 16.3. The van der Waals surface area contributed by atoms with Gasteiger partial charge in [-0.2, -0.15) is 0 Å². The zero-order valence-corrected chi connectivity index (χ0v) is 16.4. The molecular formula is C23H24N2O3. The number of carbonyl (C=O) groups excluding carboxylic acids is 1. The minimum Gasteiger partial charge on any atom is -0.463 e. The molecule has 3 rings (SSSR count). The Morgan fingerprint density at radius 3 is 2.50 bits per heavy atom. The fraction of sp³-hybridized carbons (Fsp3) is 0.217. The lowest BCUT2D eigenvalue weighted by Gasteiger charge is -2.21. The summed E-state index contributed by atoms with van der Waals surface area (Å²) < 4.78 is 5.50. The molecule has 0 atom stereocenters. The van der Waals surface area contributed by atoms with Gasteiger partial charge in [0.2, 0.25) is 5.91 Å². The van der Waals surface area contributed by atoms with Crippen LogP contribution in [0.3, 0.4) is 0 Å². The average molecular weight is 376 g/mol. The summed E-state index contributed by atoms with van der Waals surface area (Å²) in [6.45, 7) is 7.99. The summed E-state index contributed by atoms with van der Waals surface area (Å²) >= 11 is 0. The standard InChI is InChI=1S/C23H24N2O3/c1-4-25(5-2)19-10-8-18(9-11-19)24-22(26)13-7-17-15-28-21-12-6-16(3)14-20(21)23(17)27/h6-15H,4-5H2,1-3H3,(H,24,26)/b13-7+. The normalized spacial score (nSPS) is 11.1. The summed E-state index contributed by atoms with van der Waals surface area (Å²) in [6, 6.07) is 13.1. The van der Waals surface area contributed by atoms with Crippen molar-refractivity contribution < 1.29 is 9.21 Å². The number of nitrogens with zero attached hydrogens (tertiary/aromatic N) is 1. The summed E-state index contributed by atoms with van der Waals surface area (Å²) in [4.78, 5) is 27.0. The fourth-order valence-electron chi connectivity index (χ4n) is 3.07. The van der Waals surface area contributed by atoms with E-state index in [1.165, 1.54) is 18.4 Å². The number of hydrogen-bond donors (Lipinski definition) is 1. The highest BCUT2D eigenvalue weighted by molar-refractivity contribution is 6.02. The Morgan fingerprint density at radius 1 is 1.11 bits per heavy atom. The van der Waals surface area contributed by atoms with Crippen molar-refractivity contribution >= 4 is 34.3 Å². The Hall–Kier alpha value is -3.34. The first kappa shape index (κ1) is 19.4. The second-order valence-electron chi connectivity index (χ2n) is 6.56. The van der Waals surface area contributed by atoms with E-state index < -0.39 is 0 Å². The van der Waals surface area contributed by atoms with Gasteiger partial charge in [-0.15, -0.1) is 0 Å². The molecule has 0 aliphatic carbocycles. The number of rotatable bonds is 6. The molecule has 0 saturated heterocycles. The molecule has 5 heteroatoms. The first-order valence-corrected chi connectivity index (χ1v) is 9.38. The molecule has 0 unspecified atom stereocenters. The zero-order valence-electron chi connectivity index (χ0n) is 16.4. The van der Waals surface area contributed by atoms with Crippen LogP contribution < -0.4 is 15.6 Å². The van der Waals surface area contributed by atoms with E-state index in [4.69, 9.17) is 4.42 Å². The van der Waals surface area contributed by atoms with Crippen LogP contribution in [0.25, 0.3) is 17.0 Å². The molecule has 0 spiro atoms. The van der Waals surface area contributed by atoms with Gasteiger partial charge in [-0.3, -0.25) is 9.59 Å². The maximum atomic E-state index is 12.6. The van der Waals surface area contributed by atoms with Crippen molar-refractivity contribution in [3.8, 4) is 0 Å². The number of hydrogen-bond acceptors (Lipinski definition) is 4. The molecule has 1 aromatic heterocycles. The van der Waals surface area contributed by atoms with Crippen LogP contribution in [0, 0.1) is 6.92 Å². The van der Waals surface area contributed by atoms with Crippen molar-refractivity contribution in [3.05, 3.63) is 76.2 Å². The van der Waals surface area contributed by atoms with Crippen LogP contribution in [0.2, 0.25) is 0 Å². The minimum absolute atomic E-state index is 0.155. The fourth-order valence-corrected chi connectivity index (χ4v) is 3.07. The highest BCUT2D eigenvalue weighted by Gasteiger charge is 2.06. The number of benzene rings is 2. The van der Waals surface area contributed by atoms with Gasteiger partial charge >= 0.3 is 0 Å². The van der Waals surface area contributed by atoms with Crippen molar-refractivity contribution in [2.75, 3.05) is 23.3 Å². The number of amides is 1. The summed E-state index contributed by atoms with van der Waals surface area (Å²) in [6.07, 6.45) is 4.20. The third kappa shape index (κ3) is 4.31. The van der Waals surface area contributed by atoms with E-state index >= 15 is 0 Å². The van der Waals surface area contributed by atoms with Crippen LogP contribution in [-0.2, 0) is 4.79 Å². The Labute approximate surface area is 164 Å². The van der Waals surface area contributed by atoms with E-state index in [1.54, 1.807) is 12.1 Å². The van der Waals surface area contributed by atoms with Gasteiger partial charge in [-0.25, -0.2) is 0 Å². The molecule has 0 aliphatic heterocycles. The van der Waals surface area contributed by atoms with Crippen LogP contribution in [0.15, 0.2) is 64.0 Å². The summed E-state index contributed by atoms with van der Waals surface area (Å²) in [7, 11) is 0. The number of fused-ring (bicyclic) bond motifs is 1. The average Bonchev–Trinajstić information content (AvgIpc) is 2.70. The molecule has 2 aromatic carbocycles. The molecule has 144 valence electrons. The Kier molecular flexibility index (Phi) is 5.94. The van der Waals surface area contributed by atoms with Crippen molar-refractivity contribution in [2.24, 2.45) is 0 Å². The predicted octanol–water partition coefficient (Wildman–Crippen LogP) is 4.60. The zero-order chi connectivity index (χ0) is 20.1. The lowest BCUT2D eigenvalue weighted by atomic mass is 10.1. The van der Waals surface area contributed by atoms with Crippen LogP contribution in [0.1, 0.15) is 25.0 Å². The topological polar surface area (TPSA) is 62.6 Å². The van der Waals surface area contributed by atoms with Gasteiger partial charge < -0.3 is 14.6 Å². The maximum Gasteiger partial charge on any atom is 0.248 e. The molecule has 0 aliphatic rings. The third-order valence-electron chi connectivity index (χ3n) is 4.63. The van der Waals surface area contributed by atoms with Gasteiger partial charge in [0.1, 0.15) is 11.8 Å². The SMILES string of the molecule is CCN(CC)c1ccc(NC(=O)/C=C/c2coc3ccc(C)cc3c2=O)cc1. The van der Waals surface area contributed by atoms with Crippen LogP contribution in [0.4, 0.5) is 11.4 Å². The number of nitrogens with one attached hydrogen (secondary N) is 1. The Morgan fingerprint density at radius 2 is 1.82 bits per heavy atom. The van der Waals surface area contributed by atoms with Crippen molar-refractivity contribution in [2.45, 2.75) is 20.8 Å². The van der Waals surface area contributed by atoms with Crippen molar-refractivity contribution in [1.82, 2.24) is 0 Å². The quantitative estimate of drug-likeness (QED) is 0.639. The van der Waals surface area contributed by atoms with Crippen molar-refractivity contribution in [1.29, 1.82) is 0 Å². The maximum absolute atomic E-state index is 12.6. The van der Waals surface area contributed by atoms with Gasteiger partial charge in [0, 0.05) is 30.5 Å². The summed E-state index contributed by atoms with van der Waals surface area (Å²) in [5.41, 5.74) is 3.51. The molecule has 1 amide bonds. The smallest absolute Gasteiger partial charge is 0.248 e. The largest absolute Gasteiger partial charge is 0.463 e. The lowest BCUT2D eigenvalue weighted by molar-refractivity contribution is -0.111. The van der Waals surface area contributed by atoms with Crippen LogP contribution in [-0.4, -0.2) is 19.0 Å². The van der Waals surface area contributed by atoms with E-state index in [9.17, 15) is 9.59 Å². The van der Waals surface area contributed by atoms with Gasteiger partial charge in [0.15, 0.2) is 5.43 Å². The molecule has 0 fully saturated rings.